The van der Waals surface area contributed by atoms with E-state index in [9.17, 15) is 4.79 Å². The SMILES string of the molecule is CNC(=O)OC1(C2CCCO2)C=CC=C(C2CCCO2)C1. The summed E-state index contributed by atoms with van der Waals surface area (Å²) in [5, 5.41) is 2.54. The number of ether oxygens (including phenoxy) is 3. The minimum atomic E-state index is -0.702. The lowest BCUT2D eigenvalue weighted by molar-refractivity contribution is -0.0631. The van der Waals surface area contributed by atoms with Gasteiger partial charge in [-0.15, -0.1) is 0 Å². The highest BCUT2D eigenvalue weighted by Crippen LogP contribution is 2.39. The first-order chi connectivity index (χ1) is 10.2. The Morgan fingerprint density at radius 2 is 2.14 bits per heavy atom. The Morgan fingerprint density at radius 3 is 2.81 bits per heavy atom. The number of hydrogen-bond acceptors (Lipinski definition) is 4. The van der Waals surface area contributed by atoms with Crippen molar-refractivity contribution in [1.29, 1.82) is 0 Å². The highest BCUT2D eigenvalue weighted by atomic mass is 16.6. The van der Waals surface area contributed by atoms with Gasteiger partial charge < -0.3 is 19.5 Å². The zero-order valence-corrected chi connectivity index (χ0v) is 12.5. The van der Waals surface area contributed by atoms with Crippen LogP contribution in [0.5, 0.6) is 0 Å². The lowest BCUT2D eigenvalue weighted by atomic mass is 9.81. The number of carbonyl (C=O) groups is 1. The molecule has 3 rings (SSSR count). The van der Waals surface area contributed by atoms with Crippen LogP contribution in [0.2, 0.25) is 0 Å². The number of carbonyl (C=O) groups excluding carboxylic acids is 1. The fourth-order valence-electron chi connectivity index (χ4n) is 3.41. The van der Waals surface area contributed by atoms with Crippen LogP contribution < -0.4 is 5.32 Å². The largest absolute Gasteiger partial charge is 0.436 e. The van der Waals surface area contributed by atoms with Crippen LogP contribution in [0.1, 0.15) is 32.1 Å². The second kappa shape index (κ2) is 6.20. The standard InChI is InChI=1S/C16H23NO4/c1-17-15(18)21-16(14-7-4-10-20-14)8-2-5-12(11-16)13-6-3-9-19-13/h2,5,8,13-14H,3-4,6-7,9-11H2,1H3,(H,17,18). The molecule has 0 aromatic heterocycles. The molecule has 0 bridgehead atoms. The Balaban J connectivity index is 1.80. The van der Waals surface area contributed by atoms with E-state index in [-0.39, 0.29) is 12.2 Å². The van der Waals surface area contributed by atoms with Crippen LogP contribution in [0.3, 0.4) is 0 Å². The van der Waals surface area contributed by atoms with E-state index in [2.05, 4.69) is 11.4 Å². The third-order valence-corrected chi connectivity index (χ3v) is 4.47. The molecule has 0 saturated carbocycles. The smallest absolute Gasteiger partial charge is 0.407 e. The predicted octanol–water partition coefficient (Wildman–Crippen LogP) is 2.33. The van der Waals surface area contributed by atoms with Gasteiger partial charge >= 0.3 is 6.09 Å². The molecule has 0 radical (unpaired) electrons. The fraction of sp³-hybridized carbons (Fsp3) is 0.688. The first-order valence-electron chi connectivity index (χ1n) is 7.76. The summed E-state index contributed by atoms with van der Waals surface area (Å²) in [6, 6.07) is 0. The van der Waals surface area contributed by atoms with E-state index >= 15 is 0 Å². The Kier molecular flexibility index (Phi) is 4.31. The fourth-order valence-corrected chi connectivity index (χ4v) is 3.41. The molecule has 0 aromatic rings. The molecule has 1 aliphatic carbocycles. The summed E-state index contributed by atoms with van der Waals surface area (Å²) in [4.78, 5) is 11.8. The normalized spacial score (nSPS) is 35.6. The predicted molar refractivity (Wildman–Crippen MR) is 78.1 cm³/mol. The van der Waals surface area contributed by atoms with Gasteiger partial charge in [0, 0.05) is 26.7 Å². The quantitative estimate of drug-likeness (QED) is 0.867. The molecule has 2 saturated heterocycles. The van der Waals surface area contributed by atoms with E-state index in [4.69, 9.17) is 14.2 Å². The second-order valence-electron chi connectivity index (χ2n) is 5.88. The summed E-state index contributed by atoms with van der Waals surface area (Å²) in [6.07, 6.45) is 10.4. The van der Waals surface area contributed by atoms with Crippen LogP contribution in [-0.4, -0.2) is 44.2 Å². The van der Waals surface area contributed by atoms with Gasteiger partial charge in [-0.2, -0.15) is 0 Å². The number of rotatable bonds is 3. The van der Waals surface area contributed by atoms with Crippen LogP contribution in [0.15, 0.2) is 23.8 Å². The summed E-state index contributed by atoms with van der Waals surface area (Å²) in [5.41, 5.74) is 0.501. The molecule has 2 aliphatic heterocycles. The van der Waals surface area contributed by atoms with Crippen LogP contribution in [-0.2, 0) is 14.2 Å². The minimum absolute atomic E-state index is 0.0730. The van der Waals surface area contributed by atoms with Crippen molar-refractivity contribution in [2.24, 2.45) is 0 Å². The monoisotopic (exact) mass is 293 g/mol. The Morgan fingerprint density at radius 1 is 1.33 bits per heavy atom. The van der Waals surface area contributed by atoms with Crippen molar-refractivity contribution in [3.05, 3.63) is 23.8 Å². The van der Waals surface area contributed by atoms with Crippen molar-refractivity contribution in [2.45, 2.75) is 49.9 Å². The average Bonchev–Trinajstić information content (AvgIpc) is 3.20. The van der Waals surface area contributed by atoms with Crippen LogP contribution >= 0.6 is 0 Å². The number of nitrogens with one attached hydrogen (secondary N) is 1. The molecule has 2 heterocycles. The van der Waals surface area contributed by atoms with Gasteiger partial charge in [0.25, 0.3) is 0 Å². The molecular weight excluding hydrogens is 270 g/mol. The number of amides is 1. The maximum Gasteiger partial charge on any atom is 0.407 e. The van der Waals surface area contributed by atoms with E-state index in [1.807, 2.05) is 12.2 Å². The van der Waals surface area contributed by atoms with E-state index < -0.39 is 11.7 Å². The molecule has 5 heteroatoms. The van der Waals surface area contributed by atoms with Gasteiger partial charge in [-0.05, 0) is 37.3 Å². The molecule has 1 N–H and O–H groups in total. The van der Waals surface area contributed by atoms with Gasteiger partial charge in [0.1, 0.15) is 6.10 Å². The molecule has 5 nitrogen and oxygen atoms in total. The summed E-state index contributed by atoms with van der Waals surface area (Å²) in [7, 11) is 1.58. The molecule has 21 heavy (non-hydrogen) atoms. The summed E-state index contributed by atoms with van der Waals surface area (Å²) >= 11 is 0. The van der Waals surface area contributed by atoms with E-state index in [1.165, 1.54) is 5.57 Å². The lowest BCUT2D eigenvalue weighted by Crippen LogP contribution is -2.48. The van der Waals surface area contributed by atoms with E-state index in [1.54, 1.807) is 7.05 Å². The maximum absolute atomic E-state index is 11.8. The lowest BCUT2D eigenvalue weighted by Gasteiger charge is -2.38. The molecule has 1 amide bonds. The third kappa shape index (κ3) is 2.99. The van der Waals surface area contributed by atoms with Crippen LogP contribution in [0.25, 0.3) is 0 Å². The van der Waals surface area contributed by atoms with Crippen molar-refractivity contribution in [3.63, 3.8) is 0 Å². The van der Waals surface area contributed by atoms with E-state index in [0.717, 1.165) is 38.9 Å². The van der Waals surface area contributed by atoms with Crippen molar-refractivity contribution in [3.8, 4) is 0 Å². The molecule has 0 spiro atoms. The highest BCUT2D eigenvalue weighted by molar-refractivity contribution is 5.68. The van der Waals surface area contributed by atoms with Gasteiger partial charge in [0.05, 0.1) is 6.10 Å². The van der Waals surface area contributed by atoms with Gasteiger partial charge in [-0.25, -0.2) is 4.79 Å². The maximum atomic E-state index is 11.8. The Bertz CT molecular complexity index is 447. The van der Waals surface area contributed by atoms with Gasteiger partial charge in [0.15, 0.2) is 5.60 Å². The van der Waals surface area contributed by atoms with Crippen molar-refractivity contribution in [2.75, 3.05) is 20.3 Å². The zero-order valence-electron chi connectivity index (χ0n) is 12.5. The Hall–Kier alpha value is -1.33. The van der Waals surface area contributed by atoms with Gasteiger partial charge in [-0.3, -0.25) is 0 Å². The second-order valence-corrected chi connectivity index (χ2v) is 5.88. The molecule has 116 valence electrons. The van der Waals surface area contributed by atoms with Crippen molar-refractivity contribution >= 4 is 6.09 Å². The third-order valence-electron chi connectivity index (χ3n) is 4.47. The Labute approximate surface area is 125 Å². The first-order valence-corrected chi connectivity index (χ1v) is 7.76. The molecule has 2 fully saturated rings. The molecule has 3 atom stereocenters. The summed E-state index contributed by atoms with van der Waals surface area (Å²) in [6.45, 7) is 1.55. The van der Waals surface area contributed by atoms with Crippen molar-refractivity contribution in [1.82, 2.24) is 5.32 Å². The highest BCUT2D eigenvalue weighted by Gasteiger charge is 2.45. The van der Waals surface area contributed by atoms with Crippen LogP contribution in [0.4, 0.5) is 4.79 Å². The molecule has 0 aromatic carbocycles. The number of hydrogen-bond donors (Lipinski definition) is 1. The van der Waals surface area contributed by atoms with Crippen LogP contribution in [0, 0.1) is 0 Å². The average molecular weight is 293 g/mol. The summed E-state index contributed by atoms with van der Waals surface area (Å²) < 4.78 is 17.4. The number of alkyl carbamates (subject to hydrolysis) is 1. The van der Waals surface area contributed by atoms with E-state index in [0.29, 0.717) is 6.42 Å². The van der Waals surface area contributed by atoms with Crippen molar-refractivity contribution < 1.29 is 19.0 Å². The van der Waals surface area contributed by atoms with Gasteiger partial charge in [-0.1, -0.05) is 12.2 Å². The number of allylic oxidation sites excluding steroid dienone is 2. The summed E-state index contributed by atoms with van der Waals surface area (Å²) in [5.74, 6) is 0. The molecule has 3 unspecified atom stereocenters. The van der Waals surface area contributed by atoms with Gasteiger partial charge in [0.2, 0.25) is 0 Å². The zero-order chi connectivity index (χ0) is 14.7. The molecular formula is C16H23NO4. The topological polar surface area (TPSA) is 56.8 Å². The first kappa shape index (κ1) is 14.6. The molecule has 3 aliphatic rings. The minimum Gasteiger partial charge on any atom is -0.436 e.